The van der Waals surface area contributed by atoms with Crippen molar-refractivity contribution in [1.82, 2.24) is 19.9 Å². The van der Waals surface area contributed by atoms with Crippen molar-refractivity contribution >= 4 is 64.0 Å². The Morgan fingerprint density at radius 2 is 0.959 bits per heavy atom. The number of thiophene rings is 1. The Balaban J connectivity index is 1.13. The molecule has 0 aliphatic carbocycles. The Hall–Kier alpha value is -6.30. The lowest BCUT2D eigenvalue weighted by Gasteiger charge is -2.12. The highest BCUT2D eigenvalue weighted by Gasteiger charge is 2.17. The van der Waals surface area contributed by atoms with Gasteiger partial charge in [0, 0.05) is 58.6 Å². The van der Waals surface area contributed by atoms with E-state index in [1.54, 1.807) is 0 Å². The third-order valence-corrected chi connectivity index (χ3v) is 10.5. The van der Waals surface area contributed by atoms with Gasteiger partial charge >= 0.3 is 0 Å². The molecule has 0 radical (unpaired) electrons. The van der Waals surface area contributed by atoms with Gasteiger partial charge in [-0.15, -0.1) is 11.3 Å². The molecular weight excluding hydrogens is 617 g/mol. The largest absolute Gasteiger partial charge is 0.247 e. The second-order valence-corrected chi connectivity index (χ2v) is 13.3. The summed E-state index contributed by atoms with van der Waals surface area (Å²) in [5, 5.41) is 8.50. The zero-order valence-corrected chi connectivity index (χ0v) is 27.0. The summed E-state index contributed by atoms with van der Waals surface area (Å²) in [6.45, 7) is 0. The third kappa shape index (κ3) is 4.66. The molecule has 228 valence electrons. The number of fused-ring (bicyclic) bond motifs is 8. The number of hydrogen-bond donors (Lipinski definition) is 0. The van der Waals surface area contributed by atoms with Crippen LogP contribution in [0.25, 0.3) is 98.0 Å². The molecule has 0 atom stereocenters. The van der Waals surface area contributed by atoms with Crippen LogP contribution in [0.2, 0.25) is 0 Å². The fourth-order valence-electron chi connectivity index (χ4n) is 6.89. The van der Waals surface area contributed by atoms with Gasteiger partial charge in [-0.1, -0.05) is 140 Å². The summed E-state index contributed by atoms with van der Waals surface area (Å²) >= 11 is 1.86. The fourth-order valence-corrected chi connectivity index (χ4v) is 8.16. The van der Waals surface area contributed by atoms with E-state index in [9.17, 15) is 0 Å². The van der Waals surface area contributed by atoms with E-state index in [4.69, 9.17) is 19.9 Å². The second-order valence-electron chi connectivity index (χ2n) is 12.3. The van der Waals surface area contributed by atoms with E-state index in [2.05, 4.69) is 127 Å². The van der Waals surface area contributed by atoms with Gasteiger partial charge in [0.05, 0.1) is 11.2 Å². The number of benzene rings is 7. The Kier molecular flexibility index (Phi) is 6.32. The van der Waals surface area contributed by atoms with E-state index in [0.29, 0.717) is 17.5 Å². The summed E-state index contributed by atoms with van der Waals surface area (Å²) in [4.78, 5) is 20.2. The highest BCUT2D eigenvalue weighted by atomic mass is 32.1. The van der Waals surface area contributed by atoms with Gasteiger partial charge in [-0.2, -0.15) is 0 Å². The van der Waals surface area contributed by atoms with Crippen LogP contribution in [0.1, 0.15) is 0 Å². The predicted octanol–water partition coefficient (Wildman–Crippen LogP) is 11.8. The first-order valence-corrected chi connectivity index (χ1v) is 17.1. The monoisotopic (exact) mass is 642 g/mol. The lowest BCUT2D eigenvalue weighted by Crippen LogP contribution is -2.00. The molecule has 0 saturated carbocycles. The Bertz CT molecular complexity index is 2880. The minimum absolute atomic E-state index is 0.631. The minimum atomic E-state index is 0.631. The Labute approximate surface area is 286 Å². The summed E-state index contributed by atoms with van der Waals surface area (Å²) in [5.74, 6) is 1.92. The van der Waals surface area contributed by atoms with Crippen LogP contribution >= 0.6 is 11.3 Å². The first-order chi connectivity index (χ1) is 24.3. The van der Waals surface area contributed by atoms with Gasteiger partial charge in [0.2, 0.25) is 0 Å². The average molecular weight is 643 g/mol. The molecule has 0 fully saturated rings. The smallest absolute Gasteiger partial charge is 0.164 e. The Morgan fingerprint density at radius 1 is 0.367 bits per heavy atom. The van der Waals surface area contributed by atoms with Crippen molar-refractivity contribution in [2.24, 2.45) is 0 Å². The first-order valence-electron chi connectivity index (χ1n) is 16.3. The first kappa shape index (κ1) is 27.8. The number of rotatable bonds is 4. The molecule has 0 spiro atoms. The molecule has 10 aromatic rings. The van der Waals surface area contributed by atoms with Gasteiger partial charge in [0.1, 0.15) is 0 Å². The third-order valence-electron chi connectivity index (χ3n) is 9.30. The van der Waals surface area contributed by atoms with Crippen LogP contribution < -0.4 is 0 Å². The van der Waals surface area contributed by atoms with Gasteiger partial charge in [0.25, 0.3) is 0 Å². The van der Waals surface area contributed by atoms with Crippen LogP contribution in [0, 0.1) is 0 Å². The van der Waals surface area contributed by atoms with Crippen molar-refractivity contribution in [3.05, 3.63) is 158 Å². The van der Waals surface area contributed by atoms with Gasteiger partial charge < -0.3 is 0 Å². The molecule has 0 aliphatic rings. The van der Waals surface area contributed by atoms with Crippen molar-refractivity contribution < 1.29 is 0 Å². The van der Waals surface area contributed by atoms with Gasteiger partial charge in [-0.25, -0.2) is 19.9 Å². The van der Waals surface area contributed by atoms with Crippen molar-refractivity contribution in [3.8, 4) is 45.4 Å². The molecule has 0 aliphatic heterocycles. The van der Waals surface area contributed by atoms with E-state index in [0.717, 1.165) is 44.2 Å². The SMILES string of the molecule is c1ccc(-c2nc(-c3ccc(-c4nc5ccccc5c5c4ccc4c6ccccc6sc45)cc3)nc(-c3ccc4ccccc4c3)n2)cc1. The van der Waals surface area contributed by atoms with Crippen molar-refractivity contribution in [1.29, 1.82) is 0 Å². The van der Waals surface area contributed by atoms with Crippen molar-refractivity contribution in [2.45, 2.75) is 0 Å². The molecule has 0 amide bonds. The highest BCUT2D eigenvalue weighted by Crippen LogP contribution is 2.43. The summed E-state index contributed by atoms with van der Waals surface area (Å²) in [6.07, 6.45) is 0. The van der Waals surface area contributed by atoms with E-state index in [-0.39, 0.29) is 0 Å². The lowest BCUT2D eigenvalue weighted by atomic mass is 9.97. The van der Waals surface area contributed by atoms with Crippen molar-refractivity contribution in [3.63, 3.8) is 0 Å². The van der Waals surface area contributed by atoms with Gasteiger partial charge in [-0.05, 0) is 29.0 Å². The zero-order chi connectivity index (χ0) is 32.3. The molecule has 0 saturated heterocycles. The number of para-hydroxylation sites is 1. The summed E-state index contributed by atoms with van der Waals surface area (Å²) in [5.41, 5.74) is 5.83. The fraction of sp³-hybridized carbons (Fsp3) is 0. The van der Waals surface area contributed by atoms with Gasteiger partial charge in [-0.3, -0.25) is 0 Å². The zero-order valence-electron chi connectivity index (χ0n) is 26.2. The van der Waals surface area contributed by atoms with E-state index in [1.165, 1.54) is 36.3 Å². The van der Waals surface area contributed by atoms with Crippen LogP contribution in [0.15, 0.2) is 158 Å². The molecule has 4 nitrogen and oxygen atoms in total. The molecule has 49 heavy (non-hydrogen) atoms. The minimum Gasteiger partial charge on any atom is -0.247 e. The molecule has 7 aromatic carbocycles. The van der Waals surface area contributed by atoms with Crippen LogP contribution in [0.5, 0.6) is 0 Å². The molecule has 0 unspecified atom stereocenters. The molecular formula is C44H26N4S. The molecule has 3 heterocycles. The standard InChI is InChI=1S/C44H26N4S/c1-2-11-29(12-3-1)42-46-43(48-44(47-42)32-23-18-27-10-4-5-13-31(27)26-32)30-21-19-28(20-22-30)40-36-25-24-34-33-14-7-9-17-38(33)49-41(34)39(36)35-15-6-8-16-37(35)45-40/h1-26H. The van der Waals surface area contributed by atoms with Crippen LogP contribution in [-0.4, -0.2) is 19.9 Å². The summed E-state index contributed by atoms with van der Waals surface area (Å²) in [6, 6.07) is 55.0. The molecule has 0 N–H and O–H groups in total. The number of aromatic nitrogens is 4. The van der Waals surface area contributed by atoms with Crippen LogP contribution in [-0.2, 0) is 0 Å². The van der Waals surface area contributed by atoms with Gasteiger partial charge in [0.15, 0.2) is 17.5 Å². The summed E-state index contributed by atoms with van der Waals surface area (Å²) in [7, 11) is 0. The molecule has 5 heteroatoms. The van der Waals surface area contributed by atoms with Crippen molar-refractivity contribution in [2.75, 3.05) is 0 Å². The number of pyridine rings is 1. The van der Waals surface area contributed by atoms with Crippen LogP contribution in [0.3, 0.4) is 0 Å². The van der Waals surface area contributed by atoms with Crippen LogP contribution in [0.4, 0.5) is 0 Å². The highest BCUT2D eigenvalue weighted by molar-refractivity contribution is 7.26. The lowest BCUT2D eigenvalue weighted by molar-refractivity contribution is 1.07. The normalized spacial score (nSPS) is 11.7. The quantitative estimate of drug-likeness (QED) is 0.179. The average Bonchev–Trinajstić information content (AvgIpc) is 3.56. The van der Waals surface area contributed by atoms with E-state index < -0.39 is 0 Å². The topological polar surface area (TPSA) is 51.6 Å². The number of hydrogen-bond acceptors (Lipinski definition) is 5. The Morgan fingerprint density at radius 3 is 1.78 bits per heavy atom. The maximum Gasteiger partial charge on any atom is 0.164 e. The molecule has 3 aromatic heterocycles. The second kappa shape index (κ2) is 11.2. The van der Waals surface area contributed by atoms with E-state index >= 15 is 0 Å². The number of nitrogens with zero attached hydrogens (tertiary/aromatic N) is 4. The van der Waals surface area contributed by atoms with E-state index in [1.807, 2.05) is 41.7 Å². The molecule has 0 bridgehead atoms. The summed E-state index contributed by atoms with van der Waals surface area (Å²) < 4.78 is 2.60. The maximum atomic E-state index is 5.23. The molecule has 10 rings (SSSR count). The maximum absolute atomic E-state index is 5.23. The predicted molar refractivity (Wildman–Crippen MR) is 205 cm³/mol.